The molecule has 6 rings (SSSR count). The Hall–Kier alpha value is -3.10. The van der Waals surface area contributed by atoms with Crippen molar-refractivity contribution < 1.29 is 18.0 Å². The molecule has 3 atom stereocenters. The number of carbonyl (C=O) groups excluding carboxylic acids is 1. The van der Waals surface area contributed by atoms with E-state index in [1.165, 1.54) is 40.5 Å². The Morgan fingerprint density at radius 2 is 1.95 bits per heavy atom. The highest BCUT2D eigenvalue weighted by Crippen LogP contribution is 2.53. The molecule has 1 unspecified atom stereocenters. The number of anilines is 2. The number of thioether (sulfide) groups is 1. The second kappa shape index (κ2) is 10.3. The molecular formula is C28H29F3N6O2S3. The Morgan fingerprint density at radius 1 is 1.21 bits per heavy atom. The minimum absolute atomic E-state index is 0.0284. The van der Waals surface area contributed by atoms with Crippen molar-refractivity contribution in [2.75, 3.05) is 29.5 Å². The third-order valence-electron chi connectivity index (χ3n) is 8.06. The fraction of sp³-hybridized carbons (Fsp3) is 0.429. The Balaban J connectivity index is 1.68. The van der Waals surface area contributed by atoms with Crippen LogP contribution in [0.2, 0.25) is 0 Å². The number of nitrogens with two attached hydrogens (primary N) is 1. The van der Waals surface area contributed by atoms with Crippen molar-refractivity contribution in [3.63, 3.8) is 0 Å². The van der Waals surface area contributed by atoms with Gasteiger partial charge in [-0.15, -0.1) is 23.1 Å². The van der Waals surface area contributed by atoms with Crippen molar-refractivity contribution in [1.82, 2.24) is 19.4 Å². The summed E-state index contributed by atoms with van der Waals surface area (Å²) in [5.41, 5.74) is 5.55. The van der Waals surface area contributed by atoms with Gasteiger partial charge in [0.05, 0.1) is 26.7 Å². The Morgan fingerprint density at radius 3 is 2.62 bits per heavy atom. The summed E-state index contributed by atoms with van der Waals surface area (Å²) < 4.78 is 47.3. The molecule has 1 fully saturated rings. The predicted molar refractivity (Wildman–Crippen MR) is 165 cm³/mol. The van der Waals surface area contributed by atoms with Crippen LogP contribution in [0, 0.1) is 5.92 Å². The molecule has 2 aliphatic rings. The zero-order valence-corrected chi connectivity index (χ0v) is 25.8. The first-order chi connectivity index (χ1) is 19.8. The molecule has 1 aromatic carbocycles. The van der Waals surface area contributed by atoms with E-state index in [9.17, 15) is 22.8 Å². The number of halogens is 3. The normalized spacial score (nSPS) is 21.1. The van der Waals surface area contributed by atoms with Gasteiger partial charge in [-0.2, -0.15) is 18.2 Å². The number of aromatic nitrogens is 3. The maximum atomic E-state index is 15.0. The highest BCUT2D eigenvalue weighted by molar-refractivity contribution is 7.99. The van der Waals surface area contributed by atoms with Gasteiger partial charge in [0.15, 0.2) is 5.13 Å². The first-order valence-electron chi connectivity index (χ1n) is 13.5. The number of thiazole rings is 1. The summed E-state index contributed by atoms with van der Waals surface area (Å²) in [7, 11) is 0. The number of nitrogens with zero attached hydrogens (tertiary/aromatic N) is 5. The van der Waals surface area contributed by atoms with E-state index in [1.807, 2.05) is 32.6 Å². The lowest BCUT2D eigenvalue weighted by atomic mass is 9.98. The molecule has 1 amide bonds. The van der Waals surface area contributed by atoms with E-state index in [2.05, 4.69) is 16.5 Å². The van der Waals surface area contributed by atoms with Crippen molar-refractivity contribution in [3.05, 3.63) is 40.1 Å². The van der Waals surface area contributed by atoms with Crippen molar-refractivity contribution in [1.29, 1.82) is 0 Å². The smallest absolute Gasteiger partial charge is 0.375 e. The number of carbonyl (C=O) groups is 1. The lowest BCUT2D eigenvalue weighted by molar-refractivity contribution is -0.137. The van der Waals surface area contributed by atoms with Crippen LogP contribution >= 0.6 is 34.4 Å². The molecule has 1 saturated heterocycles. The molecule has 4 aromatic rings. The van der Waals surface area contributed by atoms with Crippen LogP contribution in [0.25, 0.3) is 31.6 Å². The second-order valence-corrected chi connectivity index (χ2v) is 14.1. The van der Waals surface area contributed by atoms with E-state index in [1.54, 1.807) is 14.8 Å². The van der Waals surface area contributed by atoms with Crippen molar-refractivity contribution in [2.45, 2.75) is 56.9 Å². The number of rotatable bonds is 4. The molecule has 0 saturated carbocycles. The first-order valence-corrected chi connectivity index (χ1v) is 16.2. The number of hydrogen-bond donors (Lipinski definition) is 1. The molecule has 0 aliphatic carbocycles. The van der Waals surface area contributed by atoms with E-state index in [4.69, 9.17) is 5.73 Å². The lowest BCUT2D eigenvalue weighted by Gasteiger charge is -2.45. The predicted octanol–water partition coefficient (Wildman–Crippen LogP) is 6.25. The summed E-state index contributed by atoms with van der Waals surface area (Å²) in [4.78, 5) is 39.4. The van der Waals surface area contributed by atoms with Crippen molar-refractivity contribution in [2.24, 2.45) is 5.92 Å². The second-order valence-electron chi connectivity index (χ2n) is 11.1. The molecule has 3 aromatic heterocycles. The van der Waals surface area contributed by atoms with Crippen LogP contribution in [-0.4, -0.2) is 56.3 Å². The third kappa shape index (κ3) is 4.49. The van der Waals surface area contributed by atoms with Crippen molar-refractivity contribution >= 4 is 72.4 Å². The summed E-state index contributed by atoms with van der Waals surface area (Å²) in [6.45, 7) is 11.9. The molecular weight excluding hydrogens is 606 g/mol. The highest BCUT2D eigenvalue weighted by atomic mass is 32.2. The third-order valence-corrected chi connectivity index (χ3v) is 11.2. The summed E-state index contributed by atoms with van der Waals surface area (Å²) in [6, 6.07) is 0.322. The molecule has 2 aliphatic heterocycles. The average molecular weight is 635 g/mol. The maximum Gasteiger partial charge on any atom is 0.417 e. The van der Waals surface area contributed by atoms with E-state index in [-0.39, 0.29) is 51.8 Å². The number of amides is 1. The highest BCUT2D eigenvalue weighted by Gasteiger charge is 2.41. The Labute approximate surface area is 252 Å². The first kappa shape index (κ1) is 29.0. The number of thiophene rings is 1. The van der Waals surface area contributed by atoms with Gasteiger partial charge in [-0.1, -0.05) is 31.8 Å². The number of benzene rings is 1. The summed E-state index contributed by atoms with van der Waals surface area (Å²) >= 11 is 3.77. The molecule has 5 heterocycles. The largest absolute Gasteiger partial charge is 0.417 e. The summed E-state index contributed by atoms with van der Waals surface area (Å²) in [5, 5.41) is 2.33. The van der Waals surface area contributed by atoms with Gasteiger partial charge in [-0.05, 0) is 31.9 Å². The average Bonchev–Trinajstić information content (AvgIpc) is 3.49. The van der Waals surface area contributed by atoms with Crippen LogP contribution in [0.4, 0.5) is 24.1 Å². The van der Waals surface area contributed by atoms with E-state index in [0.717, 1.165) is 10.8 Å². The number of hydrogen-bond acceptors (Lipinski definition) is 9. The molecule has 0 radical (unpaired) electrons. The van der Waals surface area contributed by atoms with Gasteiger partial charge in [0.1, 0.15) is 11.3 Å². The monoisotopic (exact) mass is 634 g/mol. The summed E-state index contributed by atoms with van der Waals surface area (Å²) in [6.07, 6.45) is -3.44. The van der Waals surface area contributed by atoms with Gasteiger partial charge >= 0.3 is 11.9 Å². The van der Waals surface area contributed by atoms with Crippen LogP contribution in [0.1, 0.15) is 39.3 Å². The molecule has 42 heavy (non-hydrogen) atoms. The fourth-order valence-corrected chi connectivity index (χ4v) is 9.57. The zero-order chi connectivity index (χ0) is 30.2. The van der Waals surface area contributed by atoms with Gasteiger partial charge in [0.25, 0.3) is 0 Å². The molecule has 8 nitrogen and oxygen atoms in total. The molecule has 0 spiro atoms. The fourth-order valence-electron chi connectivity index (χ4n) is 5.99. The summed E-state index contributed by atoms with van der Waals surface area (Å²) in [5.74, 6) is 0.459. The Kier molecular flexibility index (Phi) is 7.09. The number of nitrogen functional groups attached to an aromatic ring is 1. The van der Waals surface area contributed by atoms with Crippen LogP contribution in [0.3, 0.4) is 0 Å². The Bertz CT molecular complexity index is 1810. The molecule has 0 bridgehead atoms. The van der Waals surface area contributed by atoms with Crippen LogP contribution in [0.15, 0.2) is 33.8 Å². The molecule has 2 N–H and O–H groups in total. The molecule has 222 valence electrons. The van der Waals surface area contributed by atoms with Crippen molar-refractivity contribution in [3.8, 4) is 10.4 Å². The van der Waals surface area contributed by atoms with E-state index in [0.29, 0.717) is 39.6 Å². The van der Waals surface area contributed by atoms with Crippen LogP contribution < -0.4 is 16.3 Å². The minimum atomic E-state index is -4.69. The quantitative estimate of drug-likeness (QED) is 0.265. The number of alkyl halides is 3. The topological polar surface area (TPSA) is 97.4 Å². The molecule has 14 heteroatoms. The van der Waals surface area contributed by atoms with Gasteiger partial charge in [0, 0.05) is 52.2 Å². The van der Waals surface area contributed by atoms with Gasteiger partial charge in [-0.25, -0.2) is 9.78 Å². The van der Waals surface area contributed by atoms with Gasteiger partial charge in [0.2, 0.25) is 5.91 Å². The number of fused-ring (bicyclic) bond motifs is 1. The number of piperazine rings is 1. The maximum absolute atomic E-state index is 15.0. The van der Waals surface area contributed by atoms with Crippen LogP contribution in [-0.2, 0) is 11.0 Å². The van der Waals surface area contributed by atoms with Gasteiger partial charge in [-0.3, -0.25) is 9.36 Å². The lowest BCUT2D eigenvalue weighted by Crippen LogP contribution is -2.58. The van der Waals surface area contributed by atoms with Gasteiger partial charge < -0.3 is 15.5 Å². The van der Waals surface area contributed by atoms with E-state index >= 15 is 0 Å². The standard InChI is InChI=1S/C28H29F3N6O2S3/c1-6-19(38)35-8-14(5)36(9-13(35)4)25-15-7-16(28(29,30)31)20(23-21-18(11-41-23)42-26(32)33-21)24-22(15)37(27(39)34-25)17(10-40-24)12(2)3/h6-7,11-14,17H,1,8-10H2,2-5H3,(H2,32,33)/t13-,14+,17?/m1/s1. The van der Waals surface area contributed by atoms with E-state index < -0.39 is 17.4 Å². The zero-order valence-electron chi connectivity index (χ0n) is 23.4. The minimum Gasteiger partial charge on any atom is -0.375 e. The SMILES string of the molecule is C=CC(=O)N1C[C@H](C)N(c2nc(=O)n3c4c(c(-c5scc6sc(N)nc56)c(C(F)(F)F)cc24)SCC3C(C)C)C[C@H]1C. The van der Waals surface area contributed by atoms with Crippen LogP contribution in [0.5, 0.6) is 0 Å².